The van der Waals surface area contributed by atoms with E-state index in [1.807, 2.05) is 13.0 Å². The zero-order chi connectivity index (χ0) is 12.0. The molecule has 1 rings (SSSR count). The molecule has 0 aliphatic heterocycles. The molecule has 16 heavy (non-hydrogen) atoms. The van der Waals surface area contributed by atoms with Crippen molar-refractivity contribution in [2.75, 3.05) is 30.4 Å². The fourth-order valence-electron chi connectivity index (χ4n) is 1.19. The Morgan fingerprint density at radius 3 is 3.00 bits per heavy atom. The molecule has 1 heterocycles. The summed E-state index contributed by atoms with van der Waals surface area (Å²) in [6.45, 7) is 3.02. The minimum atomic E-state index is -0.484. The fourth-order valence-corrected chi connectivity index (χ4v) is 1.19. The van der Waals surface area contributed by atoms with Crippen molar-refractivity contribution in [2.45, 2.75) is 13.3 Å². The summed E-state index contributed by atoms with van der Waals surface area (Å²) in [4.78, 5) is 9.43. The number of nitrogens with zero attached hydrogens (tertiary/aromatic N) is 4. The van der Waals surface area contributed by atoms with Crippen molar-refractivity contribution in [3.05, 3.63) is 12.0 Å². The second-order valence-electron chi connectivity index (χ2n) is 3.23. The predicted octanol–water partition coefficient (Wildman–Crippen LogP) is 1.40. The highest BCUT2D eigenvalue weighted by atomic mass is 19.1. The summed E-state index contributed by atoms with van der Waals surface area (Å²) in [5, 5.41) is 11.4. The van der Waals surface area contributed by atoms with Gasteiger partial charge in [0.1, 0.15) is 0 Å². The molecular weight excluding hydrogens is 209 g/mol. The van der Waals surface area contributed by atoms with E-state index in [9.17, 15) is 4.39 Å². The normalized spacial score (nSPS) is 9.62. The van der Waals surface area contributed by atoms with Crippen LogP contribution in [0.5, 0.6) is 0 Å². The van der Waals surface area contributed by atoms with Crippen LogP contribution in [-0.2, 0) is 0 Å². The summed E-state index contributed by atoms with van der Waals surface area (Å²) < 4.78 is 13.4. The van der Waals surface area contributed by atoms with Gasteiger partial charge >= 0.3 is 0 Å². The van der Waals surface area contributed by atoms with Crippen LogP contribution in [-0.4, -0.2) is 30.1 Å². The Balaban J connectivity index is 2.84. The van der Waals surface area contributed by atoms with Gasteiger partial charge in [-0.2, -0.15) is 10.2 Å². The second kappa shape index (κ2) is 5.85. The Morgan fingerprint density at radius 1 is 1.62 bits per heavy atom. The van der Waals surface area contributed by atoms with Crippen molar-refractivity contribution in [2.24, 2.45) is 0 Å². The van der Waals surface area contributed by atoms with Crippen LogP contribution in [0, 0.1) is 17.1 Å². The lowest BCUT2D eigenvalue weighted by atomic mass is 10.4. The monoisotopic (exact) mass is 223 g/mol. The molecule has 0 fully saturated rings. The van der Waals surface area contributed by atoms with Crippen molar-refractivity contribution in [1.29, 1.82) is 5.26 Å². The molecule has 0 amide bonds. The van der Waals surface area contributed by atoms with Crippen LogP contribution in [0.2, 0.25) is 0 Å². The van der Waals surface area contributed by atoms with Gasteiger partial charge in [0.15, 0.2) is 11.6 Å². The molecule has 0 aliphatic rings. The summed E-state index contributed by atoms with van der Waals surface area (Å²) in [6, 6.07) is 2.00. The molecule has 0 aromatic carbocycles. The largest absolute Gasteiger partial charge is 0.356 e. The highest BCUT2D eigenvalue weighted by Gasteiger charge is 2.10. The molecule has 6 heteroatoms. The van der Waals surface area contributed by atoms with Crippen LogP contribution in [0.25, 0.3) is 0 Å². The fraction of sp³-hybridized carbons (Fsp3) is 0.500. The number of anilines is 2. The van der Waals surface area contributed by atoms with Crippen LogP contribution in [0.15, 0.2) is 6.20 Å². The average molecular weight is 223 g/mol. The minimum Gasteiger partial charge on any atom is -0.356 e. The van der Waals surface area contributed by atoms with E-state index in [2.05, 4.69) is 15.3 Å². The van der Waals surface area contributed by atoms with Crippen LogP contribution in [0.4, 0.5) is 16.2 Å². The minimum absolute atomic E-state index is 0.209. The van der Waals surface area contributed by atoms with Gasteiger partial charge in [-0.15, -0.1) is 0 Å². The maximum absolute atomic E-state index is 13.4. The van der Waals surface area contributed by atoms with Gasteiger partial charge in [0, 0.05) is 20.1 Å². The van der Waals surface area contributed by atoms with Crippen LogP contribution in [0.3, 0.4) is 0 Å². The van der Waals surface area contributed by atoms with Crippen molar-refractivity contribution >= 4 is 11.8 Å². The van der Waals surface area contributed by atoms with Crippen LogP contribution in [0.1, 0.15) is 13.3 Å². The van der Waals surface area contributed by atoms with E-state index in [-0.39, 0.29) is 5.82 Å². The van der Waals surface area contributed by atoms with Gasteiger partial charge in [0.25, 0.3) is 0 Å². The maximum atomic E-state index is 13.4. The third-order valence-electron chi connectivity index (χ3n) is 1.98. The zero-order valence-corrected chi connectivity index (χ0v) is 9.37. The summed E-state index contributed by atoms with van der Waals surface area (Å²) >= 11 is 0. The first-order valence-corrected chi connectivity index (χ1v) is 5.03. The van der Waals surface area contributed by atoms with Gasteiger partial charge in [-0.25, -0.2) is 9.37 Å². The smallest absolute Gasteiger partial charge is 0.224 e. The molecule has 5 nitrogen and oxygen atoms in total. The molecule has 0 saturated carbocycles. The first kappa shape index (κ1) is 12.2. The number of rotatable bonds is 5. The van der Waals surface area contributed by atoms with E-state index >= 15 is 0 Å². The molecule has 0 bridgehead atoms. The molecular formula is C10H14FN5. The summed E-state index contributed by atoms with van der Waals surface area (Å²) in [6.07, 6.45) is 1.46. The van der Waals surface area contributed by atoms with Crippen molar-refractivity contribution in [3.8, 4) is 6.07 Å². The molecule has 0 atom stereocenters. The van der Waals surface area contributed by atoms with Crippen LogP contribution < -0.4 is 10.2 Å². The van der Waals surface area contributed by atoms with Gasteiger partial charge in [0.2, 0.25) is 5.95 Å². The molecule has 1 aromatic heterocycles. The topological polar surface area (TPSA) is 64.8 Å². The van der Waals surface area contributed by atoms with E-state index in [0.29, 0.717) is 25.5 Å². The number of nitrogens with one attached hydrogen (secondary N) is 1. The predicted molar refractivity (Wildman–Crippen MR) is 59.7 cm³/mol. The van der Waals surface area contributed by atoms with Gasteiger partial charge in [-0.1, -0.05) is 0 Å². The average Bonchev–Trinajstić information content (AvgIpc) is 2.29. The second-order valence-corrected chi connectivity index (χ2v) is 3.23. The quantitative estimate of drug-likeness (QED) is 0.817. The van der Waals surface area contributed by atoms with Gasteiger partial charge in [0.05, 0.1) is 18.7 Å². The first-order valence-electron chi connectivity index (χ1n) is 5.03. The number of nitriles is 1. The number of hydrogen-bond acceptors (Lipinski definition) is 5. The molecule has 86 valence electrons. The van der Waals surface area contributed by atoms with E-state index in [1.54, 1.807) is 11.9 Å². The third kappa shape index (κ3) is 3.05. The summed E-state index contributed by atoms with van der Waals surface area (Å²) in [5.74, 6) is 0.117. The number of aromatic nitrogens is 2. The molecule has 1 aromatic rings. The maximum Gasteiger partial charge on any atom is 0.224 e. The molecule has 0 saturated heterocycles. The zero-order valence-electron chi connectivity index (χ0n) is 9.37. The standard InChI is InChI=1S/C10H14FN5/c1-3-13-10-14-7-8(11)9(15-10)16(2)6-4-5-12/h7H,3-4,6H2,1-2H3,(H,13,14,15). The van der Waals surface area contributed by atoms with E-state index in [0.717, 1.165) is 6.20 Å². The highest BCUT2D eigenvalue weighted by Crippen LogP contribution is 2.15. The lowest BCUT2D eigenvalue weighted by Crippen LogP contribution is -2.21. The molecule has 1 N–H and O–H groups in total. The molecule has 0 radical (unpaired) electrons. The lowest BCUT2D eigenvalue weighted by Gasteiger charge is -2.17. The van der Waals surface area contributed by atoms with Gasteiger partial charge < -0.3 is 10.2 Å². The number of hydrogen-bond donors (Lipinski definition) is 1. The summed E-state index contributed by atoms with van der Waals surface area (Å²) in [7, 11) is 1.69. The Bertz CT molecular complexity index is 387. The third-order valence-corrected chi connectivity index (χ3v) is 1.98. The Morgan fingerprint density at radius 2 is 2.38 bits per heavy atom. The Hall–Kier alpha value is -1.90. The van der Waals surface area contributed by atoms with Gasteiger partial charge in [-0.3, -0.25) is 0 Å². The van der Waals surface area contributed by atoms with Crippen LogP contribution >= 0.6 is 0 Å². The molecule has 0 aliphatic carbocycles. The molecule has 0 spiro atoms. The SMILES string of the molecule is CCNc1ncc(F)c(N(C)CCC#N)n1. The van der Waals surface area contributed by atoms with Crippen molar-refractivity contribution in [1.82, 2.24) is 9.97 Å². The van der Waals surface area contributed by atoms with Crippen molar-refractivity contribution in [3.63, 3.8) is 0 Å². The Labute approximate surface area is 93.9 Å². The van der Waals surface area contributed by atoms with Crippen molar-refractivity contribution < 1.29 is 4.39 Å². The highest BCUT2D eigenvalue weighted by molar-refractivity contribution is 5.43. The summed E-state index contributed by atoms with van der Waals surface area (Å²) in [5.41, 5.74) is 0. The van der Waals surface area contributed by atoms with E-state index < -0.39 is 5.82 Å². The van der Waals surface area contributed by atoms with Gasteiger partial charge in [-0.05, 0) is 6.92 Å². The van der Waals surface area contributed by atoms with E-state index in [4.69, 9.17) is 5.26 Å². The number of halogens is 1. The van der Waals surface area contributed by atoms with E-state index in [1.165, 1.54) is 0 Å². The molecule has 0 unspecified atom stereocenters. The Kier molecular flexibility index (Phi) is 4.45. The lowest BCUT2D eigenvalue weighted by molar-refractivity contribution is 0.608. The first-order chi connectivity index (χ1) is 7.69.